The molecule has 94 valence electrons. The van der Waals surface area contributed by atoms with Crippen LogP contribution in [0.2, 0.25) is 0 Å². The van der Waals surface area contributed by atoms with E-state index < -0.39 is 0 Å². The molecule has 3 aromatic rings. The summed E-state index contributed by atoms with van der Waals surface area (Å²) in [5.41, 5.74) is 2.25. The van der Waals surface area contributed by atoms with Gasteiger partial charge in [-0.2, -0.15) is 0 Å². The van der Waals surface area contributed by atoms with Crippen LogP contribution in [0, 0.1) is 0 Å². The summed E-state index contributed by atoms with van der Waals surface area (Å²) in [5, 5.41) is 1.09. The zero-order valence-corrected chi connectivity index (χ0v) is 10.4. The second-order valence-electron chi connectivity index (χ2n) is 4.85. The van der Waals surface area contributed by atoms with E-state index in [9.17, 15) is 0 Å². The Kier molecular flexibility index (Phi) is 2.27. The molecule has 0 radical (unpaired) electrons. The zero-order valence-electron chi connectivity index (χ0n) is 10.4. The van der Waals surface area contributed by atoms with Crippen molar-refractivity contribution in [1.29, 1.82) is 0 Å². The fourth-order valence-corrected chi connectivity index (χ4v) is 2.63. The van der Waals surface area contributed by atoms with Gasteiger partial charge in [-0.25, -0.2) is 4.98 Å². The van der Waals surface area contributed by atoms with Crippen LogP contribution in [0.5, 0.6) is 0 Å². The molecule has 0 amide bonds. The molecule has 19 heavy (non-hydrogen) atoms. The van der Waals surface area contributed by atoms with E-state index >= 15 is 0 Å². The Morgan fingerprint density at radius 3 is 2.74 bits per heavy atom. The second-order valence-corrected chi connectivity index (χ2v) is 4.85. The van der Waals surface area contributed by atoms with Crippen molar-refractivity contribution in [2.75, 3.05) is 18.0 Å². The maximum Gasteiger partial charge on any atom is 0.139 e. The second kappa shape index (κ2) is 4.09. The minimum Gasteiger partial charge on any atom is -0.464 e. The first kappa shape index (κ1) is 10.6. The summed E-state index contributed by atoms with van der Waals surface area (Å²) in [6.45, 7) is 2.00. The fourth-order valence-electron chi connectivity index (χ4n) is 2.63. The molecule has 0 saturated carbocycles. The Hall–Kier alpha value is -2.36. The predicted octanol–water partition coefficient (Wildman–Crippen LogP) is 2.83. The van der Waals surface area contributed by atoms with Crippen LogP contribution in [-0.4, -0.2) is 23.1 Å². The molecule has 0 aliphatic carbocycles. The van der Waals surface area contributed by atoms with Gasteiger partial charge in [0, 0.05) is 37.6 Å². The van der Waals surface area contributed by atoms with E-state index in [2.05, 4.69) is 27.0 Å². The molecule has 1 fully saturated rings. The van der Waals surface area contributed by atoms with Gasteiger partial charge in [-0.3, -0.25) is 4.98 Å². The number of rotatable bonds is 2. The van der Waals surface area contributed by atoms with E-state index in [-0.39, 0.29) is 0 Å². The summed E-state index contributed by atoms with van der Waals surface area (Å²) in [7, 11) is 0. The van der Waals surface area contributed by atoms with Crippen LogP contribution in [0.4, 0.5) is 5.82 Å². The van der Waals surface area contributed by atoms with Crippen LogP contribution < -0.4 is 4.90 Å². The number of hydrogen-bond donors (Lipinski definition) is 0. The number of nitrogens with zero attached hydrogens (tertiary/aromatic N) is 3. The molecule has 0 aromatic carbocycles. The molecule has 4 heterocycles. The SMILES string of the molecule is c1cc(C2CN(c3nccc4occc34)C2)ccn1. The van der Waals surface area contributed by atoms with E-state index in [4.69, 9.17) is 4.42 Å². The largest absolute Gasteiger partial charge is 0.464 e. The monoisotopic (exact) mass is 251 g/mol. The van der Waals surface area contributed by atoms with Crippen molar-refractivity contribution in [1.82, 2.24) is 9.97 Å². The van der Waals surface area contributed by atoms with Crippen LogP contribution in [-0.2, 0) is 0 Å². The van der Waals surface area contributed by atoms with Gasteiger partial charge >= 0.3 is 0 Å². The Balaban J connectivity index is 1.59. The first-order valence-electron chi connectivity index (χ1n) is 6.39. The highest BCUT2D eigenvalue weighted by Crippen LogP contribution is 2.34. The predicted molar refractivity (Wildman–Crippen MR) is 73.2 cm³/mol. The summed E-state index contributed by atoms with van der Waals surface area (Å²) in [6, 6.07) is 8.07. The standard InChI is InChI=1S/C15H13N3O/c1-5-16-6-2-11(1)12-9-18(10-12)15-13-4-8-19-14(13)3-7-17-15/h1-8,12H,9-10H2. The lowest BCUT2D eigenvalue weighted by molar-refractivity contribution is 0.521. The molecule has 3 aromatic heterocycles. The zero-order chi connectivity index (χ0) is 12.7. The van der Waals surface area contributed by atoms with E-state index in [0.29, 0.717) is 5.92 Å². The van der Waals surface area contributed by atoms with Crippen molar-refractivity contribution in [3.05, 3.63) is 54.7 Å². The average molecular weight is 251 g/mol. The van der Waals surface area contributed by atoms with Gasteiger partial charge in [0.15, 0.2) is 0 Å². The maximum absolute atomic E-state index is 5.41. The first-order chi connectivity index (χ1) is 9.42. The first-order valence-corrected chi connectivity index (χ1v) is 6.39. The molecule has 1 aliphatic heterocycles. The van der Waals surface area contributed by atoms with Gasteiger partial charge in [-0.05, 0) is 29.8 Å². The number of furan rings is 1. The highest BCUT2D eigenvalue weighted by atomic mass is 16.3. The van der Waals surface area contributed by atoms with Crippen LogP contribution in [0.25, 0.3) is 11.0 Å². The van der Waals surface area contributed by atoms with Crippen molar-refractivity contribution >= 4 is 16.8 Å². The van der Waals surface area contributed by atoms with Gasteiger partial charge in [-0.1, -0.05) is 0 Å². The molecule has 0 bridgehead atoms. The lowest BCUT2D eigenvalue weighted by Gasteiger charge is -2.40. The molecule has 4 heteroatoms. The van der Waals surface area contributed by atoms with Crippen molar-refractivity contribution in [2.24, 2.45) is 0 Å². The number of aromatic nitrogens is 2. The van der Waals surface area contributed by atoms with Crippen molar-refractivity contribution in [3.63, 3.8) is 0 Å². The molecule has 1 aliphatic rings. The normalized spacial score (nSPS) is 15.7. The molecular formula is C15H13N3O. The molecule has 0 atom stereocenters. The van der Waals surface area contributed by atoms with Gasteiger partial charge < -0.3 is 9.32 Å². The Bertz CT molecular complexity index is 701. The fraction of sp³-hybridized carbons (Fsp3) is 0.200. The van der Waals surface area contributed by atoms with Gasteiger partial charge in [0.25, 0.3) is 0 Å². The van der Waals surface area contributed by atoms with Crippen LogP contribution >= 0.6 is 0 Å². The van der Waals surface area contributed by atoms with Crippen LogP contribution in [0.1, 0.15) is 11.5 Å². The quantitative estimate of drug-likeness (QED) is 0.702. The number of anilines is 1. The summed E-state index contributed by atoms with van der Waals surface area (Å²) >= 11 is 0. The van der Waals surface area contributed by atoms with Gasteiger partial charge in [0.05, 0.1) is 11.6 Å². The Morgan fingerprint density at radius 2 is 1.89 bits per heavy atom. The molecule has 0 N–H and O–H groups in total. The maximum atomic E-state index is 5.41. The third-order valence-corrected chi connectivity index (χ3v) is 3.72. The average Bonchev–Trinajstić information content (AvgIpc) is 2.87. The lowest BCUT2D eigenvalue weighted by atomic mass is 9.92. The number of fused-ring (bicyclic) bond motifs is 1. The van der Waals surface area contributed by atoms with Crippen molar-refractivity contribution in [3.8, 4) is 0 Å². The molecule has 4 rings (SSSR count). The van der Waals surface area contributed by atoms with Gasteiger partial charge in [0.2, 0.25) is 0 Å². The van der Waals surface area contributed by atoms with Gasteiger partial charge in [0.1, 0.15) is 11.4 Å². The third-order valence-electron chi connectivity index (χ3n) is 3.72. The molecule has 1 saturated heterocycles. The highest BCUT2D eigenvalue weighted by molar-refractivity contribution is 5.88. The highest BCUT2D eigenvalue weighted by Gasteiger charge is 2.30. The molecular weight excluding hydrogens is 238 g/mol. The minimum atomic E-state index is 0.576. The Morgan fingerprint density at radius 1 is 1.05 bits per heavy atom. The summed E-state index contributed by atoms with van der Waals surface area (Å²) in [4.78, 5) is 10.8. The number of pyridine rings is 2. The number of hydrogen-bond acceptors (Lipinski definition) is 4. The summed E-state index contributed by atoms with van der Waals surface area (Å²) < 4.78 is 5.41. The van der Waals surface area contributed by atoms with Gasteiger partial charge in [-0.15, -0.1) is 0 Å². The van der Waals surface area contributed by atoms with Crippen LogP contribution in [0.15, 0.2) is 53.5 Å². The third kappa shape index (κ3) is 1.68. The Labute approximate surface area is 110 Å². The molecule has 0 spiro atoms. The summed E-state index contributed by atoms with van der Waals surface area (Å²) in [6.07, 6.45) is 7.23. The summed E-state index contributed by atoms with van der Waals surface area (Å²) in [5.74, 6) is 1.60. The van der Waals surface area contributed by atoms with E-state index in [0.717, 1.165) is 29.9 Å². The van der Waals surface area contributed by atoms with E-state index in [1.54, 1.807) is 12.5 Å². The van der Waals surface area contributed by atoms with E-state index in [1.165, 1.54) is 5.56 Å². The minimum absolute atomic E-state index is 0.576. The van der Waals surface area contributed by atoms with Crippen LogP contribution in [0.3, 0.4) is 0 Å². The van der Waals surface area contributed by atoms with E-state index in [1.807, 2.05) is 24.5 Å². The van der Waals surface area contributed by atoms with Crippen molar-refractivity contribution < 1.29 is 4.42 Å². The van der Waals surface area contributed by atoms with Crippen molar-refractivity contribution in [2.45, 2.75) is 5.92 Å². The topological polar surface area (TPSA) is 42.2 Å². The molecule has 4 nitrogen and oxygen atoms in total. The molecule has 0 unspecified atom stereocenters. The smallest absolute Gasteiger partial charge is 0.139 e. The lowest BCUT2D eigenvalue weighted by Crippen LogP contribution is -2.45.